The van der Waals surface area contributed by atoms with Crippen molar-refractivity contribution in [2.75, 3.05) is 6.54 Å². The van der Waals surface area contributed by atoms with E-state index in [1.165, 1.54) is 12.1 Å². The van der Waals surface area contributed by atoms with Crippen LogP contribution in [0.15, 0.2) is 48.5 Å². The first kappa shape index (κ1) is 15.2. The van der Waals surface area contributed by atoms with E-state index >= 15 is 0 Å². The monoisotopic (exact) mass is 312 g/mol. The number of amides is 2. The molecule has 1 unspecified atom stereocenters. The summed E-state index contributed by atoms with van der Waals surface area (Å²) in [4.78, 5) is 24.2. The first-order chi connectivity index (χ1) is 11.1. The first-order valence-electron chi connectivity index (χ1n) is 7.54. The lowest BCUT2D eigenvalue weighted by atomic mass is 9.95. The van der Waals surface area contributed by atoms with E-state index in [2.05, 4.69) is 10.6 Å². The molecule has 0 radical (unpaired) electrons. The topological polar surface area (TPSA) is 58.2 Å². The molecule has 2 N–H and O–H groups in total. The number of hydrogen-bond acceptors (Lipinski definition) is 2. The molecule has 23 heavy (non-hydrogen) atoms. The van der Waals surface area contributed by atoms with E-state index in [1.807, 2.05) is 18.2 Å². The van der Waals surface area contributed by atoms with E-state index in [0.29, 0.717) is 24.9 Å². The van der Waals surface area contributed by atoms with Gasteiger partial charge in [0.25, 0.3) is 5.91 Å². The summed E-state index contributed by atoms with van der Waals surface area (Å²) < 4.78 is 12.8. The second-order valence-electron chi connectivity index (χ2n) is 5.55. The Morgan fingerprint density at radius 2 is 1.91 bits per heavy atom. The van der Waals surface area contributed by atoms with Crippen LogP contribution in [0.3, 0.4) is 0 Å². The number of hydrogen-bond donors (Lipinski definition) is 2. The molecule has 1 aliphatic heterocycles. The SMILES string of the molecule is O=C1NC(C(=O)NCCc2ccc(F)cc2)Cc2ccccc21. The highest BCUT2D eigenvalue weighted by Crippen LogP contribution is 2.16. The van der Waals surface area contributed by atoms with E-state index < -0.39 is 6.04 Å². The van der Waals surface area contributed by atoms with Crippen molar-refractivity contribution >= 4 is 11.8 Å². The minimum atomic E-state index is -0.550. The van der Waals surface area contributed by atoms with Crippen molar-refractivity contribution < 1.29 is 14.0 Å². The average Bonchev–Trinajstić information content (AvgIpc) is 2.56. The fourth-order valence-electron chi connectivity index (χ4n) is 2.69. The molecule has 0 fully saturated rings. The van der Waals surface area contributed by atoms with Gasteiger partial charge in [-0.15, -0.1) is 0 Å². The Bertz CT molecular complexity index is 728. The van der Waals surface area contributed by atoms with Crippen molar-refractivity contribution in [1.82, 2.24) is 10.6 Å². The zero-order valence-electron chi connectivity index (χ0n) is 12.5. The van der Waals surface area contributed by atoms with Crippen LogP contribution in [0.25, 0.3) is 0 Å². The molecular formula is C18H17FN2O2. The third-order valence-electron chi connectivity index (χ3n) is 3.93. The maximum absolute atomic E-state index is 12.8. The summed E-state index contributed by atoms with van der Waals surface area (Å²) in [6, 6.07) is 12.9. The highest BCUT2D eigenvalue weighted by Gasteiger charge is 2.28. The molecule has 4 nitrogen and oxygen atoms in total. The number of nitrogens with one attached hydrogen (secondary N) is 2. The molecule has 2 aromatic rings. The van der Waals surface area contributed by atoms with Crippen LogP contribution in [-0.2, 0) is 17.6 Å². The molecular weight excluding hydrogens is 295 g/mol. The van der Waals surface area contributed by atoms with E-state index in [-0.39, 0.29) is 17.6 Å². The Morgan fingerprint density at radius 3 is 2.70 bits per heavy atom. The molecule has 1 aliphatic rings. The van der Waals surface area contributed by atoms with E-state index in [4.69, 9.17) is 0 Å². The number of carbonyl (C=O) groups is 2. The molecule has 118 valence electrons. The molecule has 0 saturated heterocycles. The van der Waals surface area contributed by atoms with Crippen LogP contribution in [0.2, 0.25) is 0 Å². The number of rotatable bonds is 4. The highest BCUT2D eigenvalue weighted by atomic mass is 19.1. The molecule has 2 amide bonds. The molecule has 3 rings (SSSR count). The van der Waals surface area contributed by atoms with Gasteiger partial charge in [0.05, 0.1) is 0 Å². The number of halogens is 1. The minimum absolute atomic E-state index is 0.199. The largest absolute Gasteiger partial charge is 0.354 e. The Kier molecular flexibility index (Phi) is 4.37. The average molecular weight is 312 g/mol. The maximum atomic E-state index is 12.8. The molecule has 0 bridgehead atoms. The third kappa shape index (κ3) is 3.56. The smallest absolute Gasteiger partial charge is 0.252 e. The van der Waals surface area contributed by atoms with Gasteiger partial charge in [-0.3, -0.25) is 9.59 Å². The van der Waals surface area contributed by atoms with Crippen molar-refractivity contribution in [3.8, 4) is 0 Å². The summed E-state index contributed by atoms with van der Waals surface area (Å²) in [6.07, 6.45) is 1.10. The molecule has 2 aromatic carbocycles. The van der Waals surface area contributed by atoms with Gasteiger partial charge >= 0.3 is 0 Å². The van der Waals surface area contributed by atoms with Gasteiger partial charge in [0, 0.05) is 18.5 Å². The van der Waals surface area contributed by atoms with Gasteiger partial charge in [-0.2, -0.15) is 0 Å². The second kappa shape index (κ2) is 6.60. The third-order valence-corrected chi connectivity index (χ3v) is 3.93. The van der Waals surface area contributed by atoms with E-state index in [9.17, 15) is 14.0 Å². The summed E-state index contributed by atoms with van der Waals surface area (Å²) in [6.45, 7) is 0.443. The number of benzene rings is 2. The highest BCUT2D eigenvalue weighted by molar-refractivity contribution is 6.00. The van der Waals surface area contributed by atoms with Crippen molar-refractivity contribution in [3.05, 3.63) is 71.0 Å². The first-order valence-corrected chi connectivity index (χ1v) is 7.54. The zero-order chi connectivity index (χ0) is 16.2. The predicted molar refractivity (Wildman–Crippen MR) is 84.5 cm³/mol. The fraction of sp³-hybridized carbons (Fsp3) is 0.222. The molecule has 1 heterocycles. The maximum Gasteiger partial charge on any atom is 0.252 e. The van der Waals surface area contributed by atoms with Crippen LogP contribution in [0.5, 0.6) is 0 Å². The predicted octanol–water partition coefficient (Wildman–Crippen LogP) is 1.84. The van der Waals surface area contributed by atoms with Crippen molar-refractivity contribution in [3.63, 3.8) is 0 Å². The normalized spacial score (nSPS) is 16.4. The van der Waals surface area contributed by atoms with Crippen LogP contribution >= 0.6 is 0 Å². The van der Waals surface area contributed by atoms with Crippen molar-refractivity contribution in [2.45, 2.75) is 18.9 Å². The van der Waals surface area contributed by atoms with Crippen LogP contribution in [0.1, 0.15) is 21.5 Å². The van der Waals surface area contributed by atoms with Gasteiger partial charge in [-0.05, 0) is 35.7 Å². The lowest BCUT2D eigenvalue weighted by Gasteiger charge is -2.24. The lowest BCUT2D eigenvalue weighted by Crippen LogP contribution is -2.51. The second-order valence-corrected chi connectivity index (χ2v) is 5.55. The number of carbonyl (C=O) groups excluding carboxylic acids is 2. The molecule has 5 heteroatoms. The Balaban J connectivity index is 1.55. The van der Waals surface area contributed by atoms with Gasteiger partial charge in [0.1, 0.15) is 11.9 Å². The van der Waals surface area contributed by atoms with Gasteiger partial charge in [-0.1, -0.05) is 30.3 Å². The quantitative estimate of drug-likeness (QED) is 0.905. The molecule has 0 aliphatic carbocycles. The lowest BCUT2D eigenvalue weighted by molar-refractivity contribution is -0.123. The summed E-state index contributed by atoms with van der Waals surface area (Å²) >= 11 is 0. The van der Waals surface area contributed by atoms with Gasteiger partial charge in [0.2, 0.25) is 5.91 Å². The fourth-order valence-corrected chi connectivity index (χ4v) is 2.69. The van der Waals surface area contributed by atoms with Gasteiger partial charge < -0.3 is 10.6 Å². The van der Waals surface area contributed by atoms with E-state index in [1.54, 1.807) is 18.2 Å². The summed E-state index contributed by atoms with van der Waals surface area (Å²) in [5, 5.41) is 5.55. The Hall–Kier alpha value is -2.69. The molecule has 0 saturated carbocycles. The van der Waals surface area contributed by atoms with Crippen LogP contribution < -0.4 is 10.6 Å². The Morgan fingerprint density at radius 1 is 1.17 bits per heavy atom. The van der Waals surface area contributed by atoms with Crippen LogP contribution in [0, 0.1) is 5.82 Å². The minimum Gasteiger partial charge on any atom is -0.354 e. The van der Waals surface area contributed by atoms with Gasteiger partial charge in [0.15, 0.2) is 0 Å². The standard InChI is InChI=1S/C18H17FN2O2/c19-14-7-5-12(6-8-14)9-10-20-18(23)16-11-13-3-1-2-4-15(13)17(22)21-16/h1-8,16H,9-11H2,(H,20,23)(H,21,22). The Labute approximate surface area is 133 Å². The van der Waals surface area contributed by atoms with Crippen molar-refractivity contribution in [1.29, 1.82) is 0 Å². The summed E-state index contributed by atoms with van der Waals surface area (Å²) in [5.41, 5.74) is 2.46. The molecule has 0 spiro atoms. The number of fused-ring (bicyclic) bond motifs is 1. The van der Waals surface area contributed by atoms with E-state index in [0.717, 1.165) is 11.1 Å². The molecule has 1 atom stereocenters. The van der Waals surface area contributed by atoms with Gasteiger partial charge in [-0.25, -0.2) is 4.39 Å². The van der Waals surface area contributed by atoms with Crippen LogP contribution in [0.4, 0.5) is 4.39 Å². The summed E-state index contributed by atoms with van der Waals surface area (Å²) in [5.74, 6) is -0.693. The summed E-state index contributed by atoms with van der Waals surface area (Å²) in [7, 11) is 0. The van der Waals surface area contributed by atoms with Crippen LogP contribution in [-0.4, -0.2) is 24.4 Å². The zero-order valence-corrected chi connectivity index (χ0v) is 12.5. The van der Waals surface area contributed by atoms with Crippen molar-refractivity contribution in [2.24, 2.45) is 0 Å². The molecule has 0 aromatic heterocycles.